The second kappa shape index (κ2) is 5.90. The molecule has 0 aliphatic carbocycles. The van der Waals surface area contributed by atoms with E-state index in [9.17, 15) is 18.0 Å². The largest absolute Gasteiger partial charge is 0.475 e. The number of alkyl halides is 3. The number of hydrogen-bond acceptors (Lipinski definition) is 3. The minimum Gasteiger partial charge on any atom is -0.475 e. The van der Waals surface area contributed by atoms with E-state index in [0.717, 1.165) is 6.07 Å². The third-order valence-electron chi connectivity index (χ3n) is 1.85. The molecule has 18 heavy (non-hydrogen) atoms. The molecule has 4 nitrogen and oxygen atoms in total. The van der Waals surface area contributed by atoms with Gasteiger partial charge < -0.3 is 10.1 Å². The Morgan fingerprint density at radius 3 is 2.72 bits per heavy atom. The van der Waals surface area contributed by atoms with Gasteiger partial charge in [-0.1, -0.05) is 11.6 Å². The van der Waals surface area contributed by atoms with Gasteiger partial charge >= 0.3 is 6.18 Å². The summed E-state index contributed by atoms with van der Waals surface area (Å²) < 4.78 is 42.0. The molecule has 0 fully saturated rings. The molecule has 0 atom stereocenters. The molecule has 1 rings (SSSR count). The minimum atomic E-state index is -4.49. The van der Waals surface area contributed by atoms with E-state index in [4.69, 9.17) is 16.3 Å². The minimum absolute atomic E-state index is 0.0671. The highest BCUT2D eigenvalue weighted by molar-refractivity contribution is 6.31. The number of aromatic nitrogens is 1. The van der Waals surface area contributed by atoms with Crippen molar-refractivity contribution >= 4 is 17.5 Å². The van der Waals surface area contributed by atoms with Crippen molar-refractivity contribution in [2.45, 2.75) is 13.1 Å². The summed E-state index contributed by atoms with van der Waals surface area (Å²) in [5.41, 5.74) is -0.943. The van der Waals surface area contributed by atoms with Crippen molar-refractivity contribution in [2.24, 2.45) is 0 Å². The predicted molar refractivity (Wildman–Crippen MR) is 58.4 cm³/mol. The van der Waals surface area contributed by atoms with Gasteiger partial charge in [0.25, 0.3) is 0 Å². The molecule has 1 aromatic heterocycles. The van der Waals surface area contributed by atoms with Crippen LogP contribution in [0.5, 0.6) is 5.88 Å². The zero-order valence-corrected chi connectivity index (χ0v) is 10.1. The quantitative estimate of drug-likeness (QED) is 0.862. The second-order valence-electron chi connectivity index (χ2n) is 3.34. The molecular weight excluding hydrogens is 273 g/mol. The lowest BCUT2D eigenvalue weighted by molar-refractivity contribution is -0.137. The smallest absolute Gasteiger partial charge is 0.417 e. The average Bonchev–Trinajstić information content (AvgIpc) is 2.24. The van der Waals surface area contributed by atoms with E-state index < -0.39 is 11.7 Å². The van der Waals surface area contributed by atoms with Crippen LogP contribution in [0.3, 0.4) is 0 Å². The standard InChI is InChI=1S/C10H10ClF3N2O2/c1-6(17)15-2-3-18-9-8(11)4-7(5-16-9)10(12,13)14/h4-5H,2-3H2,1H3,(H,15,17). The van der Waals surface area contributed by atoms with E-state index in [1.807, 2.05) is 0 Å². The number of hydrogen-bond donors (Lipinski definition) is 1. The summed E-state index contributed by atoms with van der Waals surface area (Å²) in [5.74, 6) is -0.333. The first kappa shape index (κ1) is 14.6. The lowest BCUT2D eigenvalue weighted by Crippen LogP contribution is -2.25. The van der Waals surface area contributed by atoms with Crippen molar-refractivity contribution in [3.8, 4) is 5.88 Å². The van der Waals surface area contributed by atoms with E-state index in [0.29, 0.717) is 6.20 Å². The lowest BCUT2D eigenvalue weighted by atomic mass is 10.3. The van der Waals surface area contributed by atoms with Crippen molar-refractivity contribution in [1.82, 2.24) is 10.3 Å². The van der Waals surface area contributed by atoms with Crippen LogP contribution >= 0.6 is 11.6 Å². The summed E-state index contributed by atoms with van der Waals surface area (Å²) in [6.45, 7) is 1.62. The number of nitrogens with zero attached hydrogens (tertiary/aromatic N) is 1. The topological polar surface area (TPSA) is 51.2 Å². The van der Waals surface area contributed by atoms with Gasteiger partial charge in [-0.15, -0.1) is 0 Å². The maximum atomic E-state index is 12.3. The van der Waals surface area contributed by atoms with Gasteiger partial charge in [0, 0.05) is 13.1 Å². The van der Waals surface area contributed by atoms with Crippen molar-refractivity contribution in [2.75, 3.05) is 13.2 Å². The highest BCUT2D eigenvalue weighted by Crippen LogP contribution is 2.32. The third kappa shape index (κ3) is 4.40. The fraction of sp³-hybridized carbons (Fsp3) is 0.400. The van der Waals surface area contributed by atoms with Crippen LogP contribution in [0.2, 0.25) is 5.02 Å². The number of ether oxygens (including phenoxy) is 1. The number of nitrogens with one attached hydrogen (secondary N) is 1. The van der Waals surface area contributed by atoms with Crippen molar-refractivity contribution in [1.29, 1.82) is 0 Å². The summed E-state index contributed by atoms with van der Waals surface area (Å²) in [6, 6.07) is 0.738. The average molecular weight is 283 g/mol. The van der Waals surface area contributed by atoms with E-state index >= 15 is 0 Å². The van der Waals surface area contributed by atoms with Crippen molar-refractivity contribution in [3.05, 3.63) is 22.8 Å². The predicted octanol–water partition coefficient (Wildman–Crippen LogP) is 2.27. The van der Waals surface area contributed by atoms with Crippen LogP contribution in [0.15, 0.2) is 12.3 Å². The van der Waals surface area contributed by atoms with Gasteiger partial charge in [-0.3, -0.25) is 4.79 Å². The van der Waals surface area contributed by atoms with E-state index in [2.05, 4.69) is 10.3 Å². The molecule has 0 aliphatic rings. The first-order chi connectivity index (χ1) is 8.30. The molecule has 8 heteroatoms. The number of pyridine rings is 1. The van der Waals surface area contributed by atoms with Crippen molar-refractivity contribution in [3.63, 3.8) is 0 Å². The van der Waals surface area contributed by atoms with Crippen LogP contribution in [0.1, 0.15) is 12.5 Å². The fourth-order valence-corrected chi connectivity index (χ4v) is 1.28. The molecule has 100 valence electrons. The zero-order chi connectivity index (χ0) is 13.8. The summed E-state index contributed by atoms with van der Waals surface area (Å²) in [7, 11) is 0. The zero-order valence-electron chi connectivity index (χ0n) is 9.34. The highest BCUT2D eigenvalue weighted by atomic mass is 35.5. The van der Waals surface area contributed by atoms with Gasteiger partial charge in [0.1, 0.15) is 11.6 Å². The van der Waals surface area contributed by atoms with Gasteiger partial charge in [0.05, 0.1) is 12.1 Å². The number of rotatable bonds is 4. The molecule has 0 spiro atoms. The van der Waals surface area contributed by atoms with E-state index in [1.54, 1.807) is 0 Å². The van der Waals surface area contributed by atoms with Crippen LogP contribution in [0.25, 0.3) is 0 Å². The number of carbonyl (C=O) groups excluding carboxylic acids is 1. The van der Waals surface area contributed by atoms with Gasteiger partial charge in [-0.05, 0) is 6.07 Å². The molecule has 0 aliphatic heterocycles. The normalized spacial score (nSPS) is 11.2. The van der Waals surface area contributed by atoms with Crippen LogP contribution in [-0.4, -0.2) is 24.0 Å². The summed E-state index contributed by atoms with van der Waals surface area (Å²) in [6.07, 6.45) is -3.86. The van der Waals surface area contributed by atoms with E-state index in [-0.39, 0.29) is 30.0 Å². The summed E-state index contributed by atoms with van der Waals surface area (Å²) in [5, 5.41) is 2.23. The molecule has 0 saturated heterocycles. The Balaban J connectivity index is 2.60. The van der Waals surface area contributed by atoms with Crippen LogP contribution in [0, 0.1) is 0 Å². The molecule has 0 aromatic carbocycles. The number of amides is 1. The van der Waals surface area contributed by atoms with Gasteiger partial charge in [-0.2, -0.15) is 13.2 Å². The fourth-order valence-electron chi connectivity index (χ4n) is 1.06. The highest BCUT2D eigenvalue weighted by Gasteiger charge is 2.31. The Bertz CT molecular complexity index is 438. The summed E-state index contributed by atoms with van der Waals surface area (Å²) in [4.78, 5) is 14.0. The first-order valence-electron chi connectivity index (χ1n) is 4.90. The number of halogens is 4. The molecule has 0 unspecified atom stereocenters. The molecule has 1 amide bonds. The lowest BCUT2D eigenvalue weighted by Gasteiger charge is -2.10. The molecule has 1 aromatic rings. The van der Waals surface area contributed by atoms with Crippen LogP contribution in [0.4, 0.5) is 13.2 Å². The van der Waals surface area contributed by atoms with Crippen LogP contribution in [-0.2, 0) is 11.0 Å². The Morgan fingerprint density at radius 2 is 2.22 bits per heavy atom. The Hall–Kier alpha value is -1.50. The van der Waals surface area contributed by atoms with E-state index in [1.165, 1.54) is 6.92 Å². The Kier molecular flexibility index (Phi) is 4.77. The van der Waals surface area contributed by atoms with Gasteiger partial charge in [0.15, 0.2) is 0 Å². The molecule has 0 saturated carbocycles. The maximum absolute atomic E-state index is 12.3. The SMILES string of the molecule is CC(=O)NCCOc1ncc(C(F)(F)F)cc1Cl. The molecule has 0 bridgehead atoms. The maximum Gasteiger partial charge on any atom is 0.417 e. The van der Waals surface area contributed by atoms with Crippen LogP contribution < -0.4 is 10.1 Å². The Morgan fingerprint density at radius 1 is 1.56 bits per heavy atom. The molecule has 1 heterocycles. The number of carbonyl (C=O) groups is 1. The molecule has 1 N–H and O–H groups in total. The molecular formula is C10H10ClF3N2O2. The Labute approximate surface area is 106 Å². The van der Waals surface area contributed by atoms with Gasteiger partial charge in [-0.25, -0.2) is 4.98 Å². The second-order valence-corrected chi connectivity index (χ2v) is 3.75. The third-order valence-corrected chi connectivity index (χ3v) is 2.12. The van der Waals surface area contributed by atoms with Crippen molar-refractivity contribution < 1.29 is 22.7 Å². The monoisotopic (exact) mass is 282 g/mol. The van der Waals surface area contributed by atoms with Gasteiger partial charge in [0.2, 0.25) is 11.8 Å². The summed E-state index contributed by atoms with van der Waals surface area (Å²) >= 11 is 5.60. The molecule has 0 radical (unpaired) electrons. The first-order valence-corrected chi connectivity index (χ1v) is 5.28.